The summed E-state index contributed by atoms with van der Waals surface area (Å²) in [6.07, 6.45) is 4.08. The van der Waals surface area contributed by atoms with Crippen molar-refractivity contribution in [1.29, 1.82) is 0 Å². The number of hydrogen-bond donors (Lipinski definition) is 2. The van der Waals surface area contributed by atoms with Gasteiger partial charge >= 0.3 is 5.97 Å². The first-order valence-electron chi connectivity index (χ1n) is 7.72. The lowest BCUT2D eigenvalue weighted by Gasteiger charge is -2.40. The van der Waals surface area contributed by atoms with Crippen molar-refractivity contribution in [3.63, 3.8) is 0 Å². The Hall–Kier alpha value is -1.59. The Bertz CT molecular complexity index is 437. The van der Waals surface area contributed by atoms with E-state index >= 15 is 0 Å². The Morgan fingerprint density at radius 3 is 2.33 bits per heavy atom. The first-order chi connectivity index (χ1) is 9.90. The third kappa shape index (κ3) is 3.54. The Balaban J connectivity index is 2.03. The number of nitrogens with two attached hydrogens (primary N) is 1. The first-order valence-corrected chi connectivity index (χ1v) is 7.72. The molecular weight excluding hydrogens is 272 g/mol. The van der Waals surface area contributed by atoms with E-state index in [2.05, 4.69) is 0 Å². The molecular formula is C15H24N2O4. The van der Waals surface area contributed by atoms with Crippen molar-refractivity contribution in [1.82, 2.24) is 4.90 Å². The van der Waals surface area contributed by atoms with Crippen LogP contribution in [0.2, 0.25) is 0 Å². The summed E-state index contributed by atoms with van der Waals surface area (Å²) in [6.45, 7) is 2.36. The molecule has 0 bridgehead atoms. The first kappa shape index (κ1) is 15.8. The molecule has 1 saturated carbocycles. The van der Waals surface area contributed by atoms with Crippen LogP contribution in [0, 0.1) is 17.8 Å². The van der Waals surface area contributed by atoms with Crippen molar-refractivity contribution in [2.75, 3.05) is 6.54 Å². The number of piperidine rings is 1. The summed E-state index contributed by atoms with van der Waals surface area (Å²) in [5, 5.41) is 9.13. The molecule has 0 aromatic heterocycles. The second-order valence-corrected chi connectivity index (χ2v) is 6.41. The average Bonchev–Trinajstić information content (AvgIpc) is 2.47. The van der Waals surface area contributed by atoms with Gasteiger partial charge in [0.1, 0.15) is 0 Å². The van der Waals surface area contributed by atoms with Gasteiger partial charge in [0.2, 0.25) is 11.8 Å². The van der Waals surface area contributed by atoms with Gasteiger partial charge in [-0.15, -0.1) is 0 Å². The van der Waals surface area contributed by atoms with E-state index in [-0.39, 0.29) is 29.7 Å². The molecule has 4 unspecified atom stereocenters. The lowest BCUT2D eigenvalue weighted by atomic mass is 9.80. The van der Waals surface area contributed by atoms with Crippen LogP contribution in [0.1, 0.15) is 45.4 Å². The monoisotopic (exact) mass is 296 g/mol. The minimum atomic E-state index is -0.811. The smallest absolute Gasteiger partial charge is 0.306 e. The SMILES string of the molecule is CC1CCC(C(N)=O)CN1C(=O)C1CCCC(C(=O)O)C1. The molecule has 1 heterocycles. The Morgan fingerprint density at radius 1 is 1.05 bits per heavy atom. The van der Waals surface area contributed by atoms with Crippen LogP contribution in [0.4, 0.5) is 0 Å². The summed E-state index contributed by atoms with van der Waals surface area (Å²) in [7, 11) is 0. The van der Waals surface area contributed by atoms with Gasteiger partial charge in [-0.2, -0.15) is 0 Å². The van der Waals surface area contributed by atoms with Crippen LogP contribution < -0.4 is 5.73 Å². The van der Waals surface area contributed by atoms with Crippen molar-refractivity contribution < 1.29 is 19.5 Å². The number of likely N-dealkylation sites (tertiary alicyclic amines) is 1. The number of carboxylic acid groups (broad SMARTS) is 1. The van der Waals surface area contributed by atoms with E-state index in [0.29, 0.717) is 19.4 Å². The lowest BCUT2D eigenvalue weighted by molar-refractivity contribution is -0.147. The van der Waals surface area contributed by atoms with Gasteiger partial charge in [-0.3, -0.25) is 14.4 Å². The van der Waals surface area contributed by atoms with Crippen LogP contribution >= 0.6 is 0 Å². The van der Waals surface area contributed by atoms with Gasteiger partial charge in [0.15, 0.2) is 0 Å². The minimum Gasteiger partial charge on any atom is -0.481 e. The molecule has 2 rings (SSSR count). The number of carboxylic acids is 1. The third-order valence-electron chi connectivity index (χ3n) is 4.94. The summed E-state index contributed by atoms with van der Waals surface area (Å²) >= 11 is 0. The van der Waals surface area contributed by atoms with E-state index in [1.165, 1.54) is 0 Å². The summed E-state index contributed by atoms with van der Waals surface area (Å²) in [6, 6.07) is 0.0957. The maximum atomic E-state index is 12.7. The maximum absolute atomic E-state index is 12.7. The predicted molar refractivity (Wildman–Crippen MR) is 76.2 cm³/mol. The predicted octanol–water partition coefficient (Wildman–Crippen LogP) is 0.990. The fourth-order valence-electron chi connectivity index (χ4n) is 3.52. The topological polar surface area (TPSA) is 101 Å². The Morgan fingerprint density at radius 2 is 1.71 bits per heavy atom. The Labute approximate surface area is 124 Å². The second-order valence-electron chi connectivity index (χ2n) is 6.41. The molecule has 2 aliphatic rings. The van der Waals surface area contributed by atoms with Crippen LogP contribution in [0.15, 0.2) is 0 Å². The molecule has 1 aliphatic carbocycles. The number of nitrogens with zero attached hydrogens (tertiary/aromatic N) is 1. The Kier molecular flexibility index (Phi) is 4.85. The fraction of sp³-hybridized carbons (Fsp3) is 0.800. The molecule has 21 heavy (non-hydrogen) atoms. The second kappa shape index (κ2) is 6.45. The summed E-state index contributed by atoms with van der Waals surface area (Å²) in [5.74, 6) is -2.09. The van der Waals surface area contributed by atoms with Crippen LogP contribution in [0.25, 0.3) is 0 Å². The van der Waals surface area contributed by atoms with Gasteiger partial charge in [0.05, 0.1) is 11.8 Å². The zero-order valence-electron chi connectivity index (χ0n) is 12.5. The van der Waals surface area contributed by atoms with Crippen molar-refractivity contribution in [2.45, 2.75) is 51.5 Å². The molecule has 2 amide bonds. The lowest BCUT2D eigenvalue weighted by Crippen LogP contribution is -2.51. The number of carbonyl (C=O) groups is 3. The van der Waals surface area contributed by atoms with Gasteiger partial charge in [-0.25, -0.2) is 0 Å². The van der Waals surface area contributed by atoms with E-state index in [0.717, 1.165) is 25.7 Å². The van der Waals surface area contributed by atoms with Gasteiger partial charge < -0.3 is 15.7 Å². The summed E-state index contributed by atoms with van der Waals surface area (Å²) in [5.41, 5.74) is 5.36. The number of aliphatic carboxylic acids is 1. The van der Waals surface area contributed by atoms with Crippen LogP contribution in [0.3, 0.4) is 0 Å². The molecule has 4 atom stereocenters. The largest absolute Gasteiger partial charge is 0.481 e. The third-order valence-corrected chi connectivity index (χ3v) is 4.94. The highest BCUT2D eigenvalue weighted by Gasteiger charge is 2.37. The van der Waals surface area contributed by atoms with Gasteiger partial charge in [0.25, 0.3) is 0 Å². The molecule has 2 fully saturated rings. The van der Waals surface area contributed by atoms with Crippen LogP contribution in [0.5, 0.6) is 0 Å². The number of primary amides is 1. The molecule has 6 nitrogen and oxygen atoms in total. The molecule has 0 spiro atoms. The fourth-order valence-corrected chi connectivity index (χ4v) is 3.52. The molecule has 118 valence electrons. The van der Waals surface area contributed by atoms with Crippen molar-refractivity contribution >= 4 is 17.8 Å². The molecule has 6 heteroatoms. The highest BCUT2D eigenvalue weighted by atomic mass is 16.4. The highest BCUT2D eigenvalue weighted by Crippen LogP contribution is 2.32. The molecule has 1 saturated heterocycles. The van der Waals surface area contributed by atoms with E-state index in [9.17, 15) is 14.4 Å². The van der Waals surface area contributed by atoms with E-state index < -0.39 is 11.9 Å². The molecule has 1 aliphatic heterocycles. The molecule has 0 aromatic carbocycles. The molecule has 0 aromatic rings. The van der Waals surface area contributed by atoms with E-state index in [4.69, 9.17) is 10.8 Å². The zero-order valence-corrected chi connectivity index (χ0v) is 12.5. The van der Waals surface area contributed by atoms with Gasteiger partial charge in [-0.1, -0.05) is 6.42 Å². The standard InChI is InChI=1S/C15H24N2O4/c1-9-5-6-12(13(16)18)8-17(9)14(19)10-3-2-4-11(7-10)15(20)21/h9-12H,2-8H2,1H3,(H2,16,18)(H,20,21). The quantitative estimate of drug-likeness (QED) is 0.811. The zero-order chi connectivity index (χ0) is 15.6. The van der Waals surface area contributed by atoms with Crippen LogP contribution in [-0.4, -0.2) is 40.4 Å². The number of rotatable bonds is 3. The van der Waals surface area contributed by atoms with Crippen molar-refractivity contribution in [2.24, 2.45) is 23.5 Å². The number of carbonyl (C=O) groups excluding carboxylic acids is 2. The van der Waals surface area contributed by atoms with Crippen molar-refractivity contribution in [3.8, 4) is 0 Å². The van der Waals surface area contributed by atoms with Crippen molar-refractivity contribution in [3.05, 3.63) is 0 Å². The van der Waals surface area contributed by atoms with Gasteiger partial charge in [-0.05, 0) is 39.0 Å². The summed E-state index contributed by atoms with van der Waals surface area (Å²) < 4.78 is 0. The van der Waals surface area contributed by atoms with E-state index in [1.807, 2.05) is 6.92 Å². The summed E-state index contributed by atoms with van der Waals surface area (Å²) in [4.78, 5) is 36.9. The maximum Gasteiger partial charge on any atom is 0.306 e. The average molecular weight is 296 g/mol. The molecule has 3 N–H and O–H groups in total. The number of hydrogen-bond acceptors (Lipinski definition) is 3. The van der Waals surface area contributed by atoms with Gasteiger partial charge in [0, 0.05) is 18.5 Å². The highest BCUT2D eigenvalue weighted by molar-refractivity contribution is 5.82. The normalized spacial score (nSPS) is 33.5. The molecule has 0 radical (unpaired) electrons. The number of amides is 2. The van der Waals surface area contributed by atoms with E-state index in [1.54, 1.807) is 4.90 Å². The minimum absolute atomic E-state index is 0.000556. The van der Waals surface area contributed by atoms with Crippen LogP contribution in [-0.2, 0) is 14.4 Å².